The topological polar surface area (TPSA) is 24.1 Å². The highest BCUT2D eigenvalue weighted by molar-refractivity contribution is 7.61. The molecule has 3 aromatic carbocycles. The lowest BCUT2D eigenvalue weighted by atomic mass is 10.1. The van der Waals surface area contributed by atoms with Crippen LogP contribution in [-0.4, -0.2) is 0 Å². The number of rotatable bonds is 7. The maximum atomic E-state index is 3.80. The highest BCUT2D eigenvalue weighted by Crippen LogP contribution is 2.33. The summed E-state index contributed by atoms with van der Waals surface area (Å²) >= 11 is 0. The maximum absolute atomic E-state index is 3.80. The molecule has 0 bridgehead atoms. The number of hydrogen-bond donors (Lipinski definition) is 2. The highest BCUT2D eigenvalue weighted by atomic mass is 31.1. The van der Waals surface area contributed by atoms with E-state index < -0.39 is 8.22 Å². The van der Waals surface area contributed by atoms with Gasteiger partial charge in [-0.2, -0.15) is 0 Å². The summed E-state index contributed by atoms with van der Waals surface area (Å²) in [4.78, 5) is 0. The summed E-state index contributed by atoms with van der Waals surface area (Å²) in [6, 6.07) is 32.4. The van der Waals surface area contributed by atoms with Crippen molar-refractivity contribution in [3.8, 4) is 0 Å². The third kappa shape index (κ3) is 4.99. The Labute approximate surface area is 152 Å². The van der Waals surface area contributed by atoms with Crippen LogP contribution in [0.15, 0.2) is 91.0 Å². The van der Waals surface area contributed by atoms with Gasteiger partial charge in [-0.1, -0.05) is 91.0 Å². The molecule has 0 aromatic heterocycles. The zero-order valence-electron chi connectivity index (χ0n) is 14.8. The Bertz CT molecular complexity index is 699. The molecule has 2 N–H and O–H groups in total. The van der Waals surface area contributed by atoms with Crippen LogP contribution in [0.2, 0.25) is 0 Å². The van der Waals surface area contributed by atoms with Crippen molar-refractivity contribution in [2.24, 2.45) is 0 Å². The second-order valence-electron chi connectivity index (χ2n) is 6.19. The Morgan fingerprint density at radius 1 is 0.560 bits per heavy atom. The van der Waals surface area contributed by atoms with E-state index in [-0.39, 0.29) is 12.1 Å². The molecule has 2 nitrogen and oxygen atoms in total. The lowest BCUT2D eigenvalue weighted by Crippen LogP contribution is -2.29. The van der Waals surface area contributed by atoms with Crippen LogP contribution in [-0.2, 0) is 0 Å². The minimum absolute atomic E-state index is 0.281. The van der Waals surface area contributed by atoms with Gasteiger partial charge >= 0.3 is 0 Å². The Hall–Kier alpha value is -1.99. The molecule has 2 atom stereocenters. The van der Waals surface area contributed by atoms with Gasteiger partial charge in [0.2, 0.25) is 0 Å². The molecule has 0 radical (unpaired) electrons. The first-order valence-corrected chi connectivity index (χ1v) is 10.1. The molecule has 0 saturated carbocycles. The van der Waals surface area contributed by atoms with Gasteiger partial charge in [-0.15, -0.1) is 0 Å². The Morgan fingerprint density at radius 2 is 0.920 bits per heavy atom. The molecule has 0 aliphatic rings. The summed E-state index contributed by atoms with van der Waals surface area (Å²) in [6.45, 7) is 4.45. The standard InChI is InChI=1S/C22H25N2P/c1-18(20-12-6-3-7-13-20)23-25(22-16-10-5-11-17-22)24-19(2)21-14-8-4-9-15-21/h3-19,23-24H,1-2H3. The summed E-state index contributed by atoms with van der Waals surface area (Å²) in [5.74, 6) is 0. The Morgan fingerprint density at radius 3 is 1.32 bits per heavy atom. The normalized spacial score (nSPS) is 14.6. The summed E-state index contributed by atoms with van der Waals surface area (Å²) in [5, 5.41) is 8.92. The van der Waals surface area contributed by atoms with E-state index in [0.717, 1.165) is 0 Å². The van der Waals surface area contributed by atoms with Crippen molar-refractivity contribution in [3.05, 3.63) is 102 Å². The van der Waals surface area contributed by atoms with Gasteiger partial charge in [-0.3, -0.25) is 10.2 Å². The Balaban J connectivity index is 1.78. The summed E-state index contributed by atoms with van der Waals surface area (Å²) < 4.78 is 0. The summed E-state index contributed by atoms with van der Waals surface area (Å²) in [7, 11) is -0.682. The third-order valence-corrected chi connectivity index (χ3v) is 6.36. The van der Waals surface area contributed by atoms with Gasteiger partial charge in [0.25, 0.3) is 0 Å². The fourth-order valence-electron chi connectivity index (χ4n) is 2.78. The highest BCUT2D eigenvalue weighted by Gasteiger charge is 2.18. The second-order valence-corrected chi connectivity index (χ2v) is 7.90. The molecular weight excluding hydrogens is 323 g/mol. The predicted molar refractivity (Wildman–Crippen MR) is 109 cm³/mol. The van der Waals surface area contributed by atoms with Crippen molar-refractivity contribution in [1.82, 2.24) is 10.2 Å². The smallest absolute Gasteiger partial charge is 0.0678 e. The van der Waals surface area contributed by atoms with Crippen molar-refractivity contribution < 1.29 is 0 Å². The van der Waals surface area contributed by atoms with Gasteiger partial charge in [0, 0.05) is 17.4 Å². The summed E-state index contributed by atoms with van der Waals surface area (Å²) in [6.07, 6.45) is 0. The van der Waals surface area contributed by atoms with E-state index in [2.05, 4.69) is 115 Å². The molecule has 0 aliphatic carbocycles. The lowest BCUT2D eigenvalue weighted by Gasteiger charge is -2.28. The van der Waals surface area contributed by atoms with Gasteiger partial charge in [0.1, 0.15) is 0 Å². The van der Waals surface area contributed by atoms with E-state index in [0.29, 0.717) is 0 Å². The van der Waals surface area contributed by atoms with E-state index >= 15 is 0 Å². The van der Waals surface area contributed by atoms with E-state index in [1.54, 1.807) is 0 Å². The van der Waals surface area contributed by atoms with Crippen LogP contribution >= 0.6 is 8.22 Å². The van der Waals surface area contributed by atoms with E-state index in [1.807, 2.05) is 0 Å². The third-order valence-electron chi connectivity index (χ3n) is 4.26. The van der Waals surface area contributed by atoms with Crippen molar-refractivity contribution in [2.75, 3.05) is 0 Å². The van der Waals surface area contributed by atoms with Gasteiger partial charge in [0.15, 0.2) is 0 Å². The van der Waals surface area contributed by atoms with Gasteiger partial charge in [0.05, 0.1) is 8.22 Å². The van der Waals surface area contributed by atoms with E-state index in [9.17, 15) is 0 Å². The van der Waals surface area contributed by atoms with Gasteiger partial charge in [-0.25, -0.2) is 0 Å². The fourth-order valence-corrected chi connectivity index (χ4v) is 4.70. The maximum Gasteiger partial charge on any atom is 0.0678 e. The van der Waals surface area contributed by atoms with Crippen molar-refractivity contribution in [2.45, 2.75) is 25.9 Å². The van der Waals surface area contributed by atoms with Crippen LogP contribution in [0.1, 0.15) is 37.1 Å². The van der Waals surface area contributed by atoms with Crippen LogP contribution < -0.4 is 15.5 Å². The molecule has 3 heteroatoms. The average molecular weight is 348 g/mol. The van der Waals surface area contributed by atoms with E-state index in [4.69, 9.17) is 0 Å². The first-order valence-electron chi connectivity index (χ1n) is 8.71. The molecule has 3 aromatic rings. The molecule has 0 saturated heterocycles. The van der Waals surface area contributed by atoms with Crippen LogP contribution in [0.25, 0.3) is 0 Å². The molecule has 2 unspecified atom stereocenters. The zero-order chi connectivity index (χ0) is 17.5. The molecule has 25 heavy (non-hydrogen) atoms. The molecule has 0 aliphatic heterocycles. The first-order chi connectivity index (χ1) is 12.2. The molecule has 3 rings (SSSR count). The number of nitrogens with one attached hydrogen (secondary N) is 2. The molecule has 0 amide bonds. The van der Waals surface area contributed by atoms with Gasteiger partial charge in [-0.05, 0) is 25.0 Å². The van der Waals surface area contributed by atoms with Crippen LogP contribution in [0.4, 0.5) is 0 Å². The minimum atomic E-state index is -0.682. The number of benzene rings is 3. The van der Waals surface area contributed by atoms with Crippen LogP contribution in [0.3, 0.4) is 0 Å². The molecule has 0 fully saturated rings. The number of hydrogen-bond acceptors (Lipinski definition) is 2. The molecule has 128 valence electrons. The fraction of sp³-hybridized carbons (Fsp3) is 0.182. The molecule has 0 spiro atoms. The van der Waals surface area contributed by atoms with Gasteiger partial charge < -0.3 is 0 Å². The SMILES string of the molecule is CC(NP(NC(C)c1ccccc1)c1ccccc1)c1ccccc1. The van der Waals surface area contributed by atoms with E-state index in [1.165, 1.54) is 16.4 Å². The predicted octanol–water partition coefficient (Wildman–Crippen LogP) is 5.33. The Kier molecular flexibility index (Phi) is 6.36. The monoisotopic (exact) mass is 348 g/mol. The first kappa shape index (κ1) is 17.8. The second kappa shape index (κ2) is 8.92. The van der Waals surface area contributed by atoms with Crippen molar-refractivity contribution in [3.63, 3.8) is 0 Å². The largest absolute Gasteiger partial charge is 0.273 e. The zero-order valence-corrected chi connectivity index (χ0v) is 15.7. The van der Waals surface area contributed by atoms with Crippen LogP contribution in [0.5, 0.6) is 0 Å². The lowest BCUT2D eigenvalue weighted by molar-refractivity contribution is 0.700. The van der Waals surface area contributed by atoms with Crippen molar-refractivity contribution >= 4 is 13.5 Å². The average Bonchev–Trinajstić information content (AvgIpc) is 2.69. The van der Waals surface area contributed by atoms with Crippen molar-refractivity contribution in [1.29, 1.82) is 0 Å². The molecule has 0 heterocycles. The minimum Gasteiger partial charge on any atom is -0.273 e. The van der Waals surface area contributed by atoms with Crippen LogP contribution in [0, 0.1) is 0 Å². The summed E-state index contributed by atoms with van der Waals surface area (Å²) in [5.41, 5.74) is 2.61. The quantitative estimate of drug-likeness (QED) is 0.564. The molecular formula is C22H25N2P.